The normalized spacial score (nSPS) is 17.5. The van der Waals surface area contributed by atoms with E-state index in [0.29, 0.717) is 18.2 Å². The monoisotopic (exact) mass is 402 g/mol. The number of aromatic amines is 1. The van der Waals surface area contributed by atoms with Crippen molar-refractivity contribution in [3.8, 4) is 11.3 Å². The molecule has 0 spiro atoms. The van der Waals surface area contributed by atoms with Crippen LogP contribution in [0, 0.1) is 5.92 Å². The van der Waals surface area contributed by atoms with E-state index in [0.717, 1.165) is 32.7 Å². The van der Waals surface area contributed by atoms with E-state index in [1.807, 2.05) is 62.4 Å². The SMILES string of the molecule is CC(C)C[S@@](=O)c1ccc(N2CCC(F)(F)C2)c(-c2cc3ccccc3[nH]2)c1. The zero-order valence-electron chi connectivity index (χ0n) is 16.0. The van der Waals surface area contributed by atoms with Crippen LogP contribution < -0.4 is 4.90 Å². The largest absolute Gasteiger partial charge is 0.365 e. The molecule has 0 bridgehead atoms. The highest BCUT2D eigenvalue weighted by atomic mass is 32.2. The predicted molar refractivity (Wildman–Crippen MR) is 112 cm³/mol. The summed E-state index contributed by atoms with van der Waals surface area (Å²) >= 11 is 0. The quantitative estimate of drug-likeness (QED) is 0.617. The Hall–Kier alpha value is -2.21. The molecule has 1 saturated heterocycles. The first kappa shape index (κ1) is 19.1. The Kier molecular flexibility index (Phi) is 5.00. The Labute approximate surface area is 166 Å². The van der Waals surface area contributed by atoms with Crippen molar-refractivity contribution in [3.05, 3.63) is 48.5 Å². The van der Waals surface area contributed by atoms with Crippen LogP contribution in [0.15, 0.2) is 53.4 Å². The van der Waals surface area contributed by atoms with E-state index in [1.54, 1.807) is 4.90 Å². The van der Waals surface area contributed by atoms with Gasteiger partial charge in [-0.2, -0.15) is 0 Å². The molecule has 1 aliphatic heterocycles. The van der Waals surface area contributed by atoms with E-state index in [-0.39, 0.29) is 13.0 Å². The number of fused-ring (bicyclic) bond motifs is 1. The van der Waals surface area contributed by atoms with Crippen molar-refractivity contribution >= 4 is 27.4 Å². The molecule has 148 valence electrons. The number of H-pyrrole nitrogens is 1. The first-order valence-electron chi connectivity index (χ1n) is 9.56. The van der Waals surface area contributed by atoms with E-state index in [1.165, 1.54) is 0 Å². The van der Waals surface area contributed by atoms with Crippen LogP contribution in [0.25, 0.3) is 22.2 Å². The molecule has 2 heterocycles. The lowest BCUT2D eigenvalue weighted by Crippen LogP contribution is -2.25. The number of benzene rings is 2. The van der Waals surface area contributed by atoms with Crippen molar-refractivity contribution in [1.29, 1.82) is 0 Å². The summed E-state index contributed by atoms with van der Waals surface area (Å²) in [5.41, 5.74) is 3.43. The predicted octanol–water partition coefficient (Wildman–Crippen LogP) is 5.44. The van der Waals surface area contributed by atoms with Gasteiger partial charge in [0.25, 0.3) is 5.92 Å². The van der Waals surface area contributed by atoms with Crippen LogP contribution in [0.4, 0.5) is 14.5 Å². The Balaban J connectivity index is 1.80. The number of hydrogen-bond donors (Lipinski definition) is 1. The Morgan fingerprint density at radius 2 is 1.96 bits per heavy atom. The molecule has 0 saturated carbocycles. The van der Waals surface area contributed by atoms with Gasteiger partial charge in [-0.3, -0.25) is 4.21 Å². The molecule has 1 N–H and O–H groups in total. The highest BCUT2D eigenvalue weighted by Crippen LogP contribution is 2.38. The van der Waals surface area contributed by atoms with Crippen LogP contribution in [0.5, 0.6) is 0 Å². The first-order valence-corrected chi connectivity index (χ1v) is 10.9. The van der Waals surface area contributed by atoms with Crippen LogP contribution >= 0.6 is 0 Å². The molecular weight excluding hydrogens is 378 g/mol. The first-order chi connectivity index (χ1) is 13.3. The fourth-order valence-corrected chi connectivity index (χ4v) is 4.97. The third kappa shape index (κ3) is 3.83. The molecule has 1 aliphatic rings. The number of aromatic nitrogens is 1. The van der Waals surface area contributed by atoms with Gasteiger partial charge in [-0.1, -0.05) is 32.0 Å². The number of rotatable bonds is 5. The van der Waals surface area contributed by atoms with Gasteiger partial charge in [0.05, 0.1) is 17.3 Å². The van der Waals surface area contributed by atoms with Gasteiger partial charge in [0, 0.05) is 51.5 Å². The van der Waals surface area contributed by atoms with Crippen molar-refractivity contribution in [1.82, 2.24) is 4.98 Å². The zero-order valence-corrected chi connectivity index (χ0v) is 16.9. The fourth-order valence-electron chi connectivity index (χ4n) is 3.71. The molecule has 1 atom stereocenters. The molecule has 1 fully saturated rings. The molecule has 2 aromatic carbocycles. The maximum absolute atomic E-state index is 13.8. The second-order valence-corrected chi connectivity index (χ2v) is 9.38. The molecule has 1 aromatic heterocycles. The Morgan fingerprint density at radius 3 is 2.64 bits per heavy atom. The maximum atomic E-state index is 13.8. The number of hydrogen-bond acceptors (Lipinski definition) is 2. The van der Waals surface area contributed by atoms with Gasteiger partial charge >= 0.3 is 0 Å². The van der Waals surface area contributed by atoms with Crippen LogP contribution in [0.3, 0.4) is 0 Å². The van der Waals surface area contributed by atoms with Crippen molar-refractivity contribution in [2.24, 2.45) is 5.92 Å². The maximum Gasteiger partial charge on any atom is 0.266 e. The summed E-state index contributed by atoms with van der Waals surface area (Å²) in [5, 5.41) is 1.06. The molecule has 3 aromatic rings. The van der Waals surface area contributed by atoms with Crippen molar-refractivity contribution in [3.63, 3.8) is 0 Å². The smallest absolute Gasteiger partial charge is 0.266 e. The third-order valence-electron chi connectivity index (χ3n) is 5.05. The number of nitrogens with one attached hydrogen (secondary N) is 1. The minimum atomic E-state index is -2.67. The molecule has 28 heavy (non-hydrogen) atoms. The van der Waals surface area contributed by atoms with Crippen LogP contribution in [0.2, 0.25) is 0 Å². The van der Waals surface area contributed by atoms with Crippen molar-refractivity contribution < 1.29 is 13.0 Å². The van der Waals surface area contributed by atoms with E-state index >= 15 is 0 Å². The summed E-state index contributed by atoms with van der Waals surface area (Å²) in [7, 11) is -1.12. The zero-order chi connectivity index (χ0) is 19.9. The van der Waals surface area contributed by atoms with Gasteiger partial charge in [-0.05, 0) is 36.2 Å². The van der Waals surface area contributed by atoms with Gasteiger partial charge in [0.2, 0.25) is 0 Å². The molecule has 0 unspecified atom stereocenters. The Morgan fingerprint density at radius 1 is 1.18 bits per heavy atom. The van der Waals surface area contributed by atoms with Crippen LogP contribution in [0.1, 0.15) is 20.3 Å². The van der Waals surface area contributed by atoms with Crippen molar-refractivity contribution in [2.75, 3.05) is 23.7 Å². The molecular formula is C22H24F2N2OS. The van der Waals surface area contributed by atoms with E-state index < -0.39 is 16.7 Å². The fraction of sp³-hybridized carbons (Fsp3) is 0.364. The van der Waals surface area contributed by atoms with Gasteiger partial charge in [-0.15, -0.1) is 0 Å². The van der Waals surface area contributed by atoms with Crippen LogP contribution in [-0.2, 0) is 10.8 Å². The van der Waals surface area contributed by atoms with E-state index in [2.05, 4.69) is 4.98 Å². The van der Waals surface area contributed by atoms with Crippen LogP contribution in [-0.4, -0.2) is 34.0 Å². The van der Waals surface area contributed by atoms with E-state index in [9.17, 15) is 13.0 Å². The Bertz CT molecular complexity index is 995. The number of nitrogens with zero attached hydrogens (tertiary/aromatic N) is 1. The summed E-state index contributed by atoms with van der Waals surface area (Å²) in [5.74, 6) is -1.78. The van der Waals surface area contributed by atoms with Gasteiger partial charge < -0.3 is 9.88 Å². The lowest BCUT2D eigenvalue weighted by molar-refractivity contribution is 0.0257. The van der Waals surface area contributed by atoms with Gasteiger partial charge in [-0.25, -0.2) is 8.78 Å². The highest BCUT2D eigenvalue weighted by molar-refractivity contribution is 7.85. The average molecular weight is 403 g/mol. The van der Waals surface area contributed by atoms with Crippen molar-refractivity contribution in [2.45, 2.75) is 31.1 Å². The summed E-state index contributed by atoms with van der Waals surface area (Å²) < 4.78 is 40.4. The summed E-state index contributed by atoms with van der Waals surface area (Å²) in [6.07, 6.45) is -0.139. The lowest BCUT2D eigenvalue weighted by atomic mass is 10.1. The minimum absolute atomic E-state index is 0.139. The van der Waals surface area contributed by atoms with Gasteiger partial charge in [0.15, 0.2) is 0 Å². The van der Waals surface area contributed by atoms with Gasteiger partial charge in [0.1, 0.15) is 0 Å². The number of anilines is 1. The highest BCUT2D eigenvalue weighted by Gasteiger charge is 2.39. The minimum Gasteiger partial charge on any atom is -0.365 e. The lowest BCUT2D eigenvalue weighted by Gasteiger charge is -2.22. The second-order valence-electron chi connectivity index (χ2n) is 7.88. The summed E-state index contributed by atoms with van der Waals surface area (Å²) in [6.45, 7) is 4.11. The molecule has 0 amide bonds. The molecule has 4 rings (SSSR count). The topological polar surface area (TPSA) is 36.1 Å². The molecule has 0 radical (unpaired) electrons. The summed E-state index contributed by atoms with van der Waals surface area (Å²) in [6, 6.07) is 15.5. The number of halogens is 2. The third-order valence-corrected chi connectivity index (χ3v) is 6.80. The molecule has 0 aliphatic carbocycles. The molecule has 3 nitrogen and oxygen atoms in total. The summed E-state index contributed by atoms with van der Waals surface area (Å²) in [4.78, 5) is 5.86. The molecule has 6 heteroatoms. The second kappa shape index (κ2) is 7.32. The number of para-hydroxylation sites is 1. The van der Waals surface area contributed by atoms with E-state index in [4.69, 9.17) is 0 Å². The standard InChI is InChI=1S/C22H24F2N2OS/c1-15(2)13-28(27)17-7-8-21(26-10-9-22(23,24)14-26)18(12-17)20-11-16-5-3-4-6-19(16)25-20/h3-8,11-12,15,25H,9-10,13-14H2,1-2H3/t28-/m1/s1. The number of alkyl halides is 2. The average Bonchev–Trinajstić information content (AvgIpc) is 3.23.